The Bertz CT molecular complexity index is 5060. The zero-order valence-electron chi connectivity index (χ0n) is 112. The van der Waals surface area contributed by atoms with Crippen molar-refractivity contribution in [1.29, 1.82) is 0 Å². The average Bonchev–Trinajstić information content (AvgIpc) is 0.768. The number of methoxy groups -OCH3 is 5. The van der Waals surface area contributed by atoms with Gasteiger partial charge in [0.15, 0.2) is 0 Å². The lowest BCUT2D eigenvalue weighted by Gasteiger charge is -2.15. The van der Waals surface area contributed by atoms with Crippen LogP contribution in [0.2, 0.25) is 0 Å². The van der Waals surface area contributed by atoms with E-state index in [1.807, 2.05) is 19.2 Å². The molecule has 0 aliphatic rings. The number of aliphatic hydroxyl groups is 5. The van der Waals surface area contributed by atoms with Gasteiger partial charge < -0.3 is 99.5 Å². The highest BCUT2D eigenvalue weighted by atomic mass is 16.5. The lowest BCUT2D eigenvalue weighted by Crippen LogP contribution is -2.35. The number of aryl methyl sites for hydroxylation is 5. The standard InChI is InChI=1S/5C15H25NO3/c5*1-12(2)16-10-14(17)11-19-15-6-4-13(5-7-15)8-9-18-3/h5*4-7,12,14,16-17H,8-11H2,1-3H3/i1D3,2D3,3D3,8D2,9D2,11D2,12D;1D3,3D3,8D2,9D2,11D2,12D;3D3,8D2,9D2,11D2,12D;1D3,3D3,8D2,9D2,11D2;3D3,8D2,9D2,11D2. The van der Waals surface area contributed by atoms with Gasteiger partial charge in [0, 0.05) is 132 Å². The molecular formula is C75H125N5O15. The maximum Gasteiger partial charge on any atom is 0.119 e. The highest BCUT2D eigenvalue weighted by Crippen LogP contribution is 2.17. The summed E-state index contributed by atoms with van der Waals surface area (Å²) in [4.78, 5) is 0. The Kier molecular flexibility index (Phi) is 18.7. The summed E-state index contributed by atoms with van der Waals surface area (Å²) in [6.45, 7) is -34.3. The van der Waals surface area contributed by atoms with E-state index in [1.54, 1.807) is 0 Å². The van der Waals surface area contributed by atoms with E-state index < -0.39 is 234 Å². The van der Waals surface area contributed by atoms with E-state index in [0.29, 0.717) is 0 Å². The second kappa shape index (κ2) is 56.5. The molecule has 0 radical (unpaired) electrons. The predicted molar refractivity (Wildman–Crippen MR) is 383 cm³/mol. The first kappa shape index (κ1) is 31.4. The van der Waals surface area contributed by atoms with Crippen LogP contribution in [0.25, 0.3) is 0 Å². The third-order valence-corrected chi connectivity index (χ3v) is 10.1. The molecule has 5 rings (SSSR count). The molecule has 0 saturated heterocycles. The third-order valence-electron chi connectivity index (χ3n) is 10.1. The number of benzene rings is 5. The maximum atomic E-state index is 10.1. The van der Waals surface area contributed by atoms with Gasteiger partial charge in [0.05, 0.1) is 80.8 Å². The Balaban J connectivity index is 0.000000971. The summed E-state index contributed by atoms with van der Waals surface area (Å²) in [7, 11) is -15.9. The van der Waals surface area contributed by atoms with Crippen molar-refractivity contribution >= 4 is 0 Å². The fourth-order valence-corrected chi connectivity index (χ4v) is 5.73. The second-order valence-electron chi connectivity index (χ2n) is 18.8. The van der Waals surface area contributed by atoms with Crippen LogP contribution in [0.15, 0.2) is 121 Å². The fourth-order valence-electron chi connectivity index (χ4n) is 5.73. The van der Waals surface area contributed by atoms with Gasteiger partial charge >= 0.3 is 0 Å². The molecule has 10 N–H and O–H groups in total. The monoisotopic (exact) mass is 1400 g/mol. The minimum absolute atomic E-state index is 0.0227. The molecule has 5 aromatic carbocycles. The van der Waals surface area contributed by atoms with E-state index in [0.717, 1.165) is 116 Å². The van der Waals surface area contributed by atoms with Crippen molar-refractivity contribution in [3.63, 3.8) is 0 Å². The van der Waals surface area contributed by atoms with E-state index in [2.05, 4.69) is 45.0 Å². The van der Waals surface area contributed by atoms with Gasteiger partial charge in [-0.15, -0.1) is 0 Å². The summed E-state index contributed by atoms with van der Waals surface area (Å²) in [5, 5.41) is 62.2. The van der Waals surface area contributed by atoms with Gasteiger partial charge in [-0.2, -0.15) is 0 Å². The van der Waals surface area contributed by atoms with Crippen molar-refractivity contribution in [2.24, 2.45) is 0 Å². The third kappa shape index (κ3) is 50.5. The Hall–Kier alpha value is -5.50. The van der Waals surface area contributed by atoms with Crippen molar-refractivity contribution in [1.82, 2.24) is 26.6 Å². The zero-order chi connectivity index (χ0) is 123. The van der Waals surface area contributed by atoms with E-state index in [-0.39, 0.29) is 75.7 Å². The van der Waals surface area contributed by atoms with E-state index in [4.69, 9.17) is 106 Å². The Labute approximate surface area is 655 Å². The highest BCUT2D eigenvalue weighted by Gasteiger charge is 2.11. The molecule has 95 heavy (non-hydrogen) atoms. The van der Waals surface area contributed by atoms with Crippen molar-refractivity contribution in [2.75, 3.05) is 134 Å². The maximum absolute atomic E-state index is 10.1. The molecule has 0 aromatic heterocycles. The van der Waals surface area contributed by atoms with Crippen molar-refractivity contribution in [2.45, 2.75) is 161 Å². The van der Waals surface area contributed by atoms with Gasteiger partial charge in [0.2, 0.25) is 0 Å². The van der Waals surface area contributed by atoms with Crippen LogP contribution in [0.1, 0.15) is 179 Å². The number of rotatable bonds is 45. The summed E-state index contributed by atoms with van der Waals surface area (Å²) >= 11 is 0. The first-order valence-electron chi connectivity index (χ1n) is 57.8. The molecular weight excluding hydrogens is 1210 g/mol. The molecule has 540 valence electrons. The highest BCUT2D eigenvalue weighted by molar-refractivity contribution is 5.31. The fraction of sp³-hybridized carbons (Fsp3) is 0.600. The zero-order valence-corrected chi connectivity index (χ0v) is 52.4. The predicted octanol–water partition coefficient (Wildman–Crippen LogP) is 8.07. The van der Waals surface area contributed by atoms with Gasteiger partial charge in [-0.1, -0.05) is 130 Å². The Morgan fingerprint density at radius 2 is 0.526 bits per heavy atom. The molecule has 0 aliphatic heterocycles. The van der Waals surface area contributed by atoms with Gasteiger partial charge in [0.25, 0.3) is 0 Å². The van der Waals surface area contributed by atoms with Gasteiger partial charge in [-0.05, 0) is 120 Å². The average molecular weight is 1400 g/mol. The quantitative estimate of drug-likeness (QED) is 0.0177. The molecule has 0 saturated carbocycles. The molecule has 0 bridgehead atoms. The molecule has 20 heteroatoms. The summed E-state index contributed by atoms with van der Waals surface area (Å²) in [6, 6.07) is 14.3. The first-order valence-corrected chi connectivity index (χ1v) is 27.8. The van der Waals surface area contributed by atoms with Gasteiger partial charge in [-0.25, -0.2) is 0 Å². The number of hydrogen-bond acceptors (Lipinski definition) is 20. The molecule has 7 unspecified atom stereocenters. The largest absolute Gasteiger partial charge is 0.491 e. The number of nitrogens with one attached hydrogen (secondary N) is 5. The van der Waals surface area contributed by atoms with Crippen LogP contribution in [0.3, 0.4) is 0 Å². The summed E-state index contributed by atoms with van der Waals surface area (Å²) in [5.41, 5.74) is -1.46. The Morgan fingerprint density at radius 1 is 0.305 bits per heavy atom. The minimum atomic E-state index is -3.35. The van der Waals surface area contributed by atoms with E-state index in [1.165, 1.54) is 32.9 Å². The number of aliphatic hydroxyl groups excluding tert-OH is 5. The summed E-state index contributed by atoms with van der Waals surface area (Å²) in [5.74, 6) is -0.712. The van der Waals surface area contributed by atoms with E-state index >= 15 is 0 Å². The van der Waals surface area contributed by atoms with Crippen LogP contribution in [0.4, 0.5) is 0 Å². The molecule has 20 nitrogen and oxygen atoms in total. The first-order chi connectivity index (χ1) is 68.2. The lowest BCUT2D eigenvalue weighted by molar-refractivity contribution is 0.104. The van der Waals surface area contributed by atoms with E-state index in [9.17, 15) is 25.5 Å². The van der Waals surface area contributed by atoms with Crippen LogP contribution in [-0.4, -0.2) is 220 Å². The van der Waals surface area contributed by atoms with Crippen LogP contribution < -0.4 is 50.3 Å². The van der Waals surface area contributed by atoms with Crippen molar-refractivity contribution < 1.29 is 155 Å². The summed E-state index contributed by atoms with van der Waals surface area (Å²) < 4.78 is 496. The molecule has 0 spiro atoms. The van der Waals surface area contributed by atoms with Crippen LogP contribution in [0, 0.1) is 0 Å². The topological polar surface area (TPSA) is 254 Å². The minimum Gasteiger partial charge on any atom is -0.491 e. The van der Waals surface area contributed by atoms with Crippen molar-refractivity contribution in [3.05, 3.63) is 149 Å². The summed E-state index contributed by atoms with van der Waals surface area (Å²) in [6.07, 6.45) is -23.2. The molecule has 5 aromatic rings. The smallest absolute Gasteiger partial charge is 0.119 e. The van der Waals surface area contributed by atoms with Crippen LogP contribution >= 0.6 is 0 Å². The van der Waals surface area contributed by atoms with Crippen LogP contribution in [0.5, 0.6) is 28.7 Å². The molecule has 0 fully saturated rings. The van der Waals surface area contributed by atoms with Gasteiger partial charge in [-0.3, -0.25) is 0 Å². The number of hydrogen-bond donors (Lipinski definition) is 10. The molecule has 0 aliphatic carbocycles. The molecule has 0 heterocycles. The molecule has 7 atom stereocenters. The molecule has 0 amide bonds. The van der Waals surface area contributed by atoms with Gasteiger partial charge in [0.1, 0.15) is 92.1 Å². The number of ether oxygens (including phenoxy) is 10. The SMILES string of the molecule is [2H]C(C)(C)NCC(O)C([2H])([2H])Oc1ccc(C([2H])([2H])C([2H])([2H])OC([2H])([2H])[2H])cc1.[2H]C([2H])([2H])OC([2H])([2H])C([2H])([2H])c1ccc(OC([2H])([2H])C(O)CNC(C)C([2H])([2H])[2H])cc1.[2H]C([2H])([2H])OC([2H])([2H])C([2H])([2H])c1ccc(OC([2H])([2H])C(O)CNC(C)C)cc1.[2H]C([2H])([2H])OC([2H])([2H])C([2H])([2H])c1ccc(OC([2H])([2H])C(O)CNC([2H])(C([2H])([2H])[2H])C([2H])([2H])[2H])cc1.[2H]C([2H])([2H])OC([2H])([2H])C([2H])([2H])c1ccc(OC([2H])([2H])C(O)CNC([2H])(C)C([2H])([2H])[2H])cc1. The Morgan fingerprint density at radius 3 is 0.737 bits per heavy atom. The normalized spacial score (nSPS) is 26.6. The van der Waals surface area contributed by atoms with Crippen molar-refractivity contribution in [3.8, 4) is 28.7 Å². The lowest BCUT2D eigenvalue weighted by atomic mass is 10.1. The second-order valence-corrected chi connectivity index (χ2v) is 18.8. The van der Waals surface area contributed by atoms with Crippen LogP contribution in [-0.2, 0) is 55.5 Å².